The Labute approximate surface area is 163 Å². The van der Waals surface area contributed by atoms with E-state index in [-0.39, 0.29) is 11.3 Å². The van der Waals surface area contributed by atoms with Crippen LogP contribution < -0.4 is 4.74 Å². The van der Waals surface area contributed by atoms with Crippen molar-refractivity contribution >= 4 is 13.6 Å². The van der Waals surface area contributed by atoms with E-state index >= 15 is 0 Å². The summed E-state index contributed by atoms with van der Waals surface area (Å²) < 4.78 is 83.9. The van der Waals surface area contributed by atoms with Crippen LogP contribution in [-0.4, -0.2) is 26.8 Å². The molecule has 29 heavy (non-hydrogen) atoms. The van der Waals surface area contributed by atoms with E-state index in [0.717, 1.165) is 44.6 Å². The van der Waals surface area contributed by atoms with Crippen molar-refractivity contribution in [1.29, 1.82) is 0 Å². The Morgan fingerprint density at radius 3 is 2.24 bits per heavy atom. The highest BCUT2D eigenvalue weighted by Crippen LogP contribution is 2.60. The number of carbonyl (C=O) groups excluding carboxylic acids is 1. The second-order valence-corrected chi connectivity index (χ2v) is 7.89. The Morgan fingerprint density at radius 2 is 1.69 bits per heavy atom. The van der Waals surface area contributed by atoms with Crippen molar-refractivity contribution in [2.75, 3.05) is 20.8 Å². The Morgan fingerprint density at radius 1 is 1.07 bits per heavy atom. The Kier molecular flexibility index (Phi) is 7.40. The van der Waals surface area contributed by atoms with Crippen molar-refractivity contribution in [2.45, 2.75) is 12.0 Å². The minimum atomic E-state index is -4.57. The van der Waals surface area contributed by atoms with Gasteiger partial charge in [-0.3, -0.25) is 4.57 Å². The van der Waals surface area contributed by atoms with Gasteiger partial charge >= 0.3 is 19.7 Å². The molecule has 0 aliphatic carbocycles. The topological polar surface area (TPSA) is 71.1 Å². The van der Waals surface area contributed by atoms with Gasteiger partial charge in [0.1, 0.15) is 11.6 Å². The van der Waals surface area contributed by atoms with E-state index < -0.39 is 43.6 Å². The minimum absolute atomic E-state index is 0.130. The molecule has 2 rings (SSSR count). The predicted octanol–water partition coefficient (Wildman–Crippen LogP) is 4.95. The number of alkyl halides is 3. The largest absolute Gasteiger partial charge is 0.482 e. The summed E-state index contributed by atoms with van der Waals surface area (Å²) in [5.74, 6) is -3.37. The van der Waals surface area contributed by atoms with Crippen molar-refractivity contribution in [3.8, 4) is 5.75 Å². The number of halogens is 4. The molecule has 158 valence electrons. The predicted molar refractivity (Wildman–Crippen MR) is 93.8 cm³/mol. The minimum Gasteiger partial charge on any atom is -0.482 e. The van der Waals surface area contributed by atoms with Gasteiger partial charge in [-0.25, -0.2) is 9.18 Å². The zero-order valence-electron chi connectivity index (χ0n) is 15.3. The molecule has 2 aromatic rings. The fourth-order valence-electron chi connectivity index (χ4n) is 2.27. The van der Waals surface area contributed by atoms with Crippen LogP contribution in [0.3, 0.4) is 0 Å². The van der Waals surface area contributed by atoms with Crippen molar-refractivity contribution in [3.63, 3.8) is 0 Å². The lowest BCUT2D eigenvalue weighted by molar-refractivity contribution is -0.149. The smallest absolute Gasteiger partial charge is 0.416 e. The first kappa shape index (κ1) is 22.9. The molecular formula is C18H17F4O6P. The third-order valence-electron chi connectivity index (χ3n) is 3.71. The van der Waals surface area contributed by atoms with Crippen LogP contribution in [0.15, 0.2) is 48.5 Å². The molecule has 0 amide bonds. The molecule has 11 heteroatoms. The number of carbonyl (C=O) groups is 1. The summed E-state index contributed by atoms with van der Waals surface area (Å²) in [4.78, 5) is 12.2. The van der Waals surface area contributed by atoms with Crippen LogP contribution in [0.5, 0.6) is 5.75 Å². The first-order valence-electron chi connectivity index (χ1n) is 8.05. The van der Waals surface area contributed by atoms with Gasteiger partial charge in [-0.15, -0.1) is 0 Å². The molecule has 0 N–H and O–H groups in total. The number of benzene rings is 2. The average molecular weight is 436 g/mol. The van der Waals surface area contributed by atoms with Gasteiger partial charge in [0.25, 0.3) is 0 Å². The van der Waals surface area contributed by atoms with Gasteiger partial charge in [-0.1, -0.05) is 18.2 Å². The molecule has 0 heterocycles. The first-order chi connectivity index (χ1) is 13.6. The summed E-state index contributed by atoms with van der Waals surface area (Å²) >= 11 is 0. The fourth-order valence-corrected chi connectivity index (χ4v) is 3.59. The highest BCUT2D eigenvalue weighted by atomic mass is 31.2. The van der Waals surface area contributed by atoms with Crippen LogP contribution in [0.4, 0.5) is 17.6 Å². The second kappa shape index (κ2) is 9.39. The van der Waals surface area contributed by atoms with Gasteiger partial charge < -0.3 is 18.5 Å². The molecule has 0 aliphatic rings. The van der Waals surface area contributed by atoms with Crippen LogP contribution in [0.2, 0.25) is 0 Å². The van der Waals surface area contributed by atoms with Crippen LogP contribution in [0.1, 0.15) is 17.0 Å². The van der Waals surface area contributed by atoms with Crippen LogP contribution in [0, 0.1) is 5.82 Å². The maximum absolute atomic E-state index is 13.2. The monoisotopic (exact) mass is 436 g/mol. The first-order valence-corrected chi connectivity index (χ1v) is 9.66. The summed E-state index contributed by atoms with van der Waals surface area (Å²) in [6.45, 7) is -0.771. The molecule has 6 nitrogen and oxygen atoms in total. The summed E-state index contributed by atoms with van der Waals surface area (Å²) in [6.07, 6.45) is -4.57. The van der Waals surface area contributed by atoms with Gasteiger partial charge in [-0.2, -0.15) is 13.2 Å². The molecule has 0 aromatic heterocycles. The number of ether oxygens (including phenoxy) is 2. The molecular weight excluding hydrogens is 419 g/mol. The molecule has 0 saturated carbocycles. The Bertz CT molecular complexity index is 877. The van der Waals surface area contributed by atoms with Crippen molar-refractivity contribution in [2.24, 2.45) is 0 Å². The lowest BCUT2D eigenvalue weighted by Crippen LogP contribution is -2.19. The number of esters is 1. The third-order valence-corrected chi connectivity index (χ3v) is 5.71. The summed E-state index contributed by atoms with van der Waals surface area (Å²) in [6, 6.07) is 8.50. The molecule has 0 aliphatic heterocycles. The number of hydrogen-bond donors (Lipinski definition) is 0. The van der Waals surface area contributed by atoms with Crippen molar-refractivity contribution in [1.82, 2.24) is 0 Å². The van der Waals surface area contributed by atoms with Gasteiger partial charge in [-0.05, 0) is 30.3 Å². The van der Waals surface area contributed by atoms with E-state index in [4.69, 9.17) is 18.5 Å². The molecule has 0 saturated heterocycles. The normalized spacial score (nSPS) is 13.0. The molecule has 2 aromatic carbocycles. The SMILES string of the molecule is COP(=O)(OC)C(OC(=O)COc1cccc(C(F)(F)F)c1)c1ccc(F)cc1. The molecule has 0 spiro atoms. The van der Waals surface area contributed by atoms with E-state index in [1.54, 1.807) is 0 Å². The highest BCUT2D eigenvalue weighted by Gasteiger charge is 2.39. The zero-order valence-corrected chi connectivity index (χ0v) is 16.2. The molecule has 0 fully saturated rings. The van der Waals surface area contributed by atoms with Gasteiger partial charge in [0, 0.05) is 19.8 Å². The fraction of sp³-hybridized carbons (Fsp3) is 0.278. The van der Waals surface area contributed by atoms with Gasteiger partial charge in [0.15, 0.2) is 6.61 Å². The molecule has 1 atom stereocenters. The summed E-state index contributed by atoms with van der Waals surface area (Å²) in [5.41, 5.74) is -0.818. The maximum Gasteiger partial charge on any atom is 0.416 e. The highest BCUT2D eigenvalue weighted by molar-refractivity contribution is 7.54. The molecule has 0 radical (unpaired) electrons. The number of hydrogen-bond acceptors (Lipinski definition) is 6. The van der Waals surface area contributed by atoms with Crippen molar-refractivity contribution < 1.29 is 45.4 Å². The van der Waals surface area contributed by atoms with Crippen LogP contribution >= 0.6 is 7.60 Å². The molecule has 1 unspecified atom stereocenters. The average Bonchev–Trinajstić information content (AvgIpc) is 2.70. The number of rotatable bonds is 8. The van der Waals surface area contributed by atoms with Gasteiger partial charge in [0.05, 0.1) is 5.56 Å². The van der Waals surface area contributed by atoms with Gasteiger partial charge in [0.2, 0.25) is 5.85 Å². The van der Waals surface area contributed by atoms with E-state index in [1.165, 1.54) is 18.2 Å². The van der Waals surface area contributed by atoms with E-state index in [0.29, 0.717) is 0 Å². The lowest BCUT2D eigenvalue weighted by atomic mass is 10.2. The second-order valence-electron chi connectivity index (χ2n) is 5.61. The van der Waals surface area contributed by atoms with Crippen LogP contribution in [-0.2, 0) is 29.3 Å². The van der Waals surface area contributed by atoms with Crippen LogP contribution in [0.25, 0.3) is 0 Å². The van der Waals surface area contributed by atoms with E-state index in [9.17, 15) is 26.9 Å². The zero-order chi connectivity index (χ0) is 21.7. The van der Waals surface area contributed by atoms with Crippen molar-refractivity contribution in [3.05, 3.63) is 65.5 Å². The summed E-state index contributed by atoms with van der Waals surface area (Å²) in [7, 11) is -1.82. The molecule has 0 bridgehead atoms. The maximum atomic E-state index is 13.2. The Hall–Kier alpha value is -2.42. The Balaban J connectivity index is 2.14. The lowest BCUT2D eigenvalue weighted by Gasteiger charge is -2.24. The summed E-state index contributed by atoms with van der Waals surface area (Å²) in [5, 5.41) is 0. The standard InChI is InChI=1S/C18H17F4O6P/c1-25-29(24,26-2)17(12-6-8-14(19)9-7-12)28-16(23)11-27-15-5-3-4-13(10-15)18(20,21)22/h3-10,17H,11H2,1-2H3. The quantitative estimate of drug-likeness (QED) is 0.331. The van der Waals surface area contributed by atoms with E-state index in [2.05, 4.69) is 0 Å². The third kappa shape index (κ3) is 6.03. The van der Waals surface area contributed by atoms with E-state index in [1.807, 2.05) is 0 Å².